The Kier molecular flexibility index (Phi) is 10.4. The van der Waals surface area contributed by atoms with Crippen LogP contribution in [-0.2, 0) is 27.2 Å². The van der Waals surface area contributed by atoms with Crippen LogP contribution in [-0.4, -0.2) is 28.5 Å². The number of fused-ring (bicyclic) bond motifs is 1. The fourth-order valence-electron chi connectivity index (χ4n) is 4.97. The Morgan fingerprint density at radius 1 is 1.22 bits per heavy atom. The van der Waals surface area contributed by atoms with E-state index in [0.29, 0.717) is 25.2 Å². The van der Waals surface area contributed by atoms with E-state index in [9.17, 15) is 14.4 Å². The number of nitriles is 1. The number of nitrogens with one attached hydrogen (secondary N) is 1. The van der Waals surface area contributed by atoms with E-state index in [1.165, 1.54) is 12.0 Å². The van der Waals surface area contributed by atoms with Gasteiger partial charge in [0.25, 0.3) is 0 Å². The highest BCUT2D eigenvalue weighted by atomic mass is 32.1. The first kappa shape index (κ1) is 27.7. The molecule has 1 heterocycles. The summed E-state index contributed by atoms with van der Waals surface area (Å²) in [4.78, 5) is 43.0. The molecule has 1 fully saturated rings. The van der Waals surface area contributed by atoms with Gasteiger partial charge in [0, 0.05) is 31.7 Å². The van der Waals surface area contributed by atoms with Gasteiger partial charge < -0.3 is 5.32 Å². The summed E-state index contributed by atoms with van der Waals surface area (Å²) in [6.45, 7) is 7.47. The van der Waals surface area contributed by atoms with Crippen LogP contribution in [0.5, 0.6) is 0 Å². The van der Waals surface area contributed by atoms with Crippen molar-refractivity contribution in [1.82, 2.24) is 10.3 Å². The summed E-state index contributed by atoms with van der Waals surface area (Å²) in [5.41, 5.74) is 2.12. The average Bonchev–Trinajstić information content (AvgIpc) is 3.31. The molecular weight excluding hydrogens is 470 g/mol. The van der Waals surface area contributed by atoms with Crippen molar-refractivity contribution in [3.05, 3.63) is 40.9 Å². The molecule has 0 radical (unpaired) electrons. The molecule has 192 valence electrons. The van der Waals surface area contributed by atoms with Gasteiger partial charge in [-0.05, 0) is 49.3 Å². The smallest absolute Gasteiger partial charge is 0.224 e. The van der Waals surface area contributed by atoms with Crippen molar-refractivity contribution in [2.45, 2.75) is 90.5 Å². The summed E-state index contributed by atoms with van der Waals surface area (Å²) >= 11 is 1.59. The summed E-state index contributed by atoms with van der Waals surface area (Å²) in [5, 5.41) is 13.1. The molecule has 36 heavy (non-hydrogen) atoms. The number of hydrogen-bond donors (Lipinski definition) is 1. The molecule has 0 aliphatic heterocycles. The van der Waals surface area contributed by atoms with Crippen molar-refractivity contribution < 1.29 is 14.4 Å². The largest absolute Gasteiger partial charge is 0.353 e. The van der Waals surface area contributed by atoms with Crippen molar-refractivity contribution in [2.24, 2.45) is 11.8 Å². The predicted octanol–water partition coefficient (Wildman–Crippen LogP) is 5.88. The van der Waals surface area contributed by atoms with Gasteiger partial charge in [-0.2, -0.15) is 5.26 Å². The molecule has 1 saturated carbocycles. The molecule has 0 spiro atoms. The number of rotatable bonds is 13. The third kappa shape index (κ3) is 7.57. The summed E-state index contributed by atoms with van der Waals surface area (Å²) in [7, 11) is 0. The number of aromatic nitrogens is 1. The molecule has 0 bridgehead atoms. The molecule has 0 saturated heterocycles. The zero-order chi connectivity index (χ0) is 26.1. The highest BCUT2D eigenvalue weighted by molar-refractivity contribution is 7.18. The van der Waals surface area contributed by atoms with Gasteiger partial charge >= 0.3 is 0 Å². The number of Topliss-reactive ketones (excluding diaryl/α,β-unsaturated/α-hetero) is 2. The van der Waals surface area contributed by atoms with Gasteiger partial charge in [-0.3, -0.25) is 14.4 Å². The van der Waals surface area contributed by atoms with E-state index in [0.717, 1.165) is 47.3 Å². The number of thiazole rings is 1. The molecule has 6 nitrogen and oxygen atoms in total. The van der Waals surface area contributed by atoms with Gasteiger partial charge in [-0.1, -0.05) is 45.8 Å². The lowest BCUT2D eigenvalue weighted by molar-refractivity contribution is -0.130. The number of ketones is 2. The van der Waals surface area contributed by atoms with Gasteiger partial charge in [0.05, 0.1) is 26.7 Å². The summed E-state index contributed by atoms with van der Waals surface area (Å²) < 4.78 is 1.10. The molecule has 1 amide bonds. The summed E-state index contributed by atoms with van der Waals surface area (Å²) in [6, 6.07) is 7.91. The third-order valence-electron chi connectivity index (χ3n) is 7.27. The second kappa shape index (κ2) is 13.5. The molecular formula is C29H37N3O3S. The number of benzene rings is 1. The van der Waals surface area contributed by atoms with Crippen LogP contribution in [0.25, 0.3) is 10.2 Å². The molecule has 2 atom stereocenters. The highest BCUT2D eigenvalue weighted by Gasteiger charge is 2.30. The molecule has 3 rings (SSSR count). The summed E-state index contributed by atoms with van der Waals surface area (Å²) in [5.74, 6) is -0.569. The maximum Gasteiger partial charge on any atom is 0.224 e. The van der Waals surface area contributed by atoms with E-state index < -0.39 is 5.92 Å². The maximum atomic E-state index is 13.6. The van der Waals surface area contributed by atoms with Gasteiger partial charge in [0.1, 0.15) is 11.9 Å². The number of nitrogens with zero attached hydrogens (tertiary/aromatic N) is 2. The minimum atomic E-state index is -0.500. The van der Waals surface area contributed by atoms with Crippen molar-refractivity contribution in [2.75, 3.05) is 0 Å². The predicted molar refractivity (Wildman–Crippen MR) is 144 cm³/mol. The Balaban J connectivity index is 1.77. The van der Waals surface area contributed by atoms with E-state index in [-0.39, 0.29) is 41.9 Å². The minimum absolute atomic E-state index is 0.0443. The van der Waals surface area contributed by atoms with Crippen molar-refractivity contribution >= 4 is 39.0 Å². The molecule has 1 N–H and O–H groups in total. The van der Waals surface area contributed by atoms with Crippen LogP contribution in [0.2, 0.25) is 0 Å². The standard InChI is InChI=1S/C29H37N3O3S/c1-4-20-11-12-25-27(15-20)36-28(31-25)17-22(16-23(33)5-2)29(35)32-24(21-9-7-6-8-10-21)13-14-26(34)19(3)18-30/h11-12,15,21-22,24H,3-10,13-14,16-17H2,1-2H3,(H,32,35)/t22-,24+/m0/s1. The van der Waals surface area contributed by atoms with E-state index in [2.05, 4.69) is 31.0 Å². The number of allylic oxidation sites excluding steroid dienone is 1. The third-order valence-corrected chi connectivity index (χ3v) is 8.31. The first-order valence-electron chi connectivity index (χ1n) is 13.2. The lowest BCUT2D eigenvalue weighted by Gasteiger charge is -2.32. The Morgan fingerprint density at radius 3 is 2.64 bits per heavy atom. The minimum Gasteiger partial charge on any atom is -0.353 e. The van der Waals surface area contributed by atoms with Crippen LogP contribution >= 0.6 is 11.3 Å². The van der Waals surface area contributed by atoms with E-state index >= 15 is 0 Å². The lowest BCUT2D eigenvalue weighted by Crippen LogP contribution is -2.45. The Bertz CT molecular complexity index is 1140. The van der Waals surface area contributed by atoms with Crippen molar-refractivity contribution in [3.63, 3.8) is 0 Å². The number of carbonyl (C=O) groups excluding carboxylic acids is 3. The lowest BCUT2D eigenvalue weighted by atomic mass is 9.81. The van der Waals surface area contributed by atoms with Gasteiger partial charge in [0.2, 0.25) is 5.91 Å². The number of aryl methyl sites for hydroxylation is 1. The van der Waals surface area contributed by atoms with Gasteiger partial charge in [-0.15, -0.1) is 11.3 Å². The fourth-order valence-corrected chi connectivity index (χ4v) is 6.09. The summed E-state index contributed by atoms with van der Waals surface area (Å²) in [6.07, 6.45) is 8.02. The molecule has 1 aliphatic rings. The first-order valence-corrected chi connectivity index (χ1v) is 14.0. The van der Waals surface area contributed by atoms with Crippen LogP contribution in [0.15, 0.2) is 30.4 Å². The Hall–Kier alpha value is -2.85. The average molecular weight is 508 g/mol. The van der Waals surface area contributed by atoms with Gasteiger partial charge in [-0.25, -0.2) is 4.98 Å². The van der Waals surface area contributed by atoms with Crippen LogP contribution in [0.4, 0.5) is 0 Å². The number of carbonyl (C=O) groups is 3. The second-order valence-corrected chi connectivity index (χ2v) is 10.9. The zero-order valence-electron chi connectivity index (χ0n) is 21.5. The highest BCUT2D eigenvalue weighted by Crippen LogP contribution is 2.30. The van der Waals surface area contributed by atoms with Crippen LogP contribution in [0.3, 0.4) is 0 Å². The van der Waals surface area contributed by atoms with Crippen molar-refractivity contribution in [3.8, 4) is 6.07 Å². The quantitative estimate of drug-likeness (QED) is 0.269. The van der Waals surface area contributed by atoms with E-state index in [4.69, 9.17) is 10.2 Å². The van der Waals surface area contributed by atoms with E-state index in [1.54, 1.807) is 11.3 Å². The molecule has 1 aliphatic carbocycles. The first-order chi connectivity index (χ1) is 17.3. The SMILES string of the molecule is C=C(C#N)C(=O)CC[C@@H](NC(=O)[C@@H](CC(=O)CC)Cc1nc2ccc(CC)cc2s1)C1CCCCC1. The molecule has 2 aromatic rings. The molecule has 0 unspecified atom stereocenters. The van der Waals surface area contributed by atoms with Crippen LogP contribution in [0, 0.1) is 23.2 Å². The van der Waals surface area contributed by atoms with Crippen LogP contribution < -0.4 is 5.32 Å². The van der Waals surface area contributed by atoms with Gasteiger partial charge in [0.15, 0.2) is 5.78 Å². The molecule has 1 aromatic heterocycles. The monoisotopic (exact) mass is 507 g/mol. The van der Waals surface area contributed by atoms with E-state index in [1.807, 2.05) is 19.1 Å². The maximum absolute atomic E-state index is 13.6. The second-order valence-electron chi connectivity index (χ2n) is 9.83. The zero-order valence-corrected chi connectivity index (χ0v) is 22.3. The number of hydrogen-bond acceptors (Lipinski definition) is 6. The molecule has 1 aromatic carbocycles. The molecule has 7 heteroatoms. The van der Waals surface area contributed by atoms with Crippen molar-refractivity contribution in [1.29, 1.82) is 5.26 Å². The normalized spacial score (nSPS) is 15.7. The fraction of sp³-hybridized carbons (Fsp3) is 0.552. The van der Waals surface area contributed by atoms with Crippen LogP contribution in [0.1, 0.15) is 82.2 Å². The Labute approximate surface area is 218 Å². The topological polar surface area (TPSA) is 99.9 Å². The Morgan fingerprint density at radius 2 is 1.97 bits per heavy atom. The number of amides is 1.